The second-order valence-electron chi connectivity index (χ2n) is 13.4. The van der Waals surface area contributed by atoms with E-state index in [2.05, 4.69) is 33.9 Å². The molecular formula is C31H48O6. The van der Waals surface area contributed by atoms with E-state index in [0.29, 0.717) is 31.3 Å². The summed E-state index contributed by atoms with van der Waals surface area (Å²) in [6.45, 7) is 20.2. The average molecular weight is 517 g/mol. The maximum atomic E-state index is 12.6. The Labute approximate surface area is 222 Å². The van der Waals surface area contributed by atoms with Crippen LogP contribution in [0.4, 0.5) is 0 Å². The van der Waals surface area contributed by atoms with E-state index >= 15 is 0 Å². The smallest absolute Gasteiger partial charge is 0.306 e. The van der Waals surface area contributed by atoms with E-state index in [-0.39, 0.29) is 23.2 Å². The molecule has 0 spiro atoms. The van der Waals surface area contributed by atoms with Crippen molar-refractivity contribution < 1.29 is 30.0 Å². The molecule has 0 heterocycles. The molecule has 4 N–H and O–H groups in total. The Morgan fingerprint density at radius 3 is 2.22 bits per heavy atom. The van der Waals surface area contributed by atoms with Crippen LogP contribution in [0.2, 0.25) is 0 Å². The molecule has 37 heavy (non-hydrogen) atoms. The number of aliphatic hydroxyl groups is 2. The van der Waals surface area contributed by atoms with E-state index in [1.54, 1.807) is 13.8 Å². The number of aliphatic hydroxyl groups excluding tert-OH is 1. The molecule has 7 atom stereocenters. The van der Waals surface area contributed by atoms with Gasteiger partial charge in [-0.15, -0.1) is 0 Å². The summed E-state index contributed by atoms with van der Waals surface area (Å²) in [4.78, 5) is 24.2. The van der Waals surface area contributed by atoms with Crippen molar-refractivity contribution in [2.45, 2.75) is 111 Å². The second kappa shape index (κ2) is 10.00. The van der Waals surface area contributed by atoms with Gasteiger partial charge in [0.15, 0.2) is 0 Å². The predicted molar refractivity (Wildman–Crippen MR) is 145 cm³/mol. The van der Waals surface area contributed by atoms with Gasteiger partial charge in [0.25, 0.3) is 0 Å². The standard InChI is InChI=1S/C31H48O6/c1-18(2)21-11-12-23-22(29(21,6)15-14-25(33)34)13-16-30(7)26(24(32)17-31(23,30)8)20(27(35)36)10-9-19(3)28(4,5)37/h20-21,24,26,32,37H,1,3,9-17H2,2,4-8H3,(H,33,34)(H,35,36)/t20?,21-,24+,26-,29-,30+,31-/m0/s1. The van der Waals surface area contributed by atoms with Crippen molar-refractivity contribution in [1.82, 2.24) is 0 Å². The molecule has 3 aliphatic rings. The third-order valence-corrected chi connectivity index (χ3v) is 10.9. The van der Waals surface area contributed by atoms with Gasteiger partial charge in [-0.05, 0) is 99.9 Å². The number of carboxylic acids is 2. The molecular weight excluding hydrogens is 468 g/mol. The zero-order valence-corrected chi connectivity index (χ0v) is 23.7. The lowest BCUT2D eigenvalue weighted by molar-refractivity contribution is -0.149. The van der Waals surface area contributed by atoms with Crippen LogP contribution in [0.5, 0.6) is 0 Å². The fourth-order valence-corrected chi connectivity index (χ4v) is 8.51. The third kappa shape index (κ3) is 4.96. The molecule has 1 fully saturated rings. The van der Waals surface area contributed by atoms with Crippen LogP contribution in [0.15, 0.2) is 35.5 Å². The van der Waals surface area contributed by atoms with Crippen LogP contribution < -0.4 is 0 Å². The quantitative estimate of drug-likeness (QED) is 0.259. The largest absolute Gasteiger partial charge is 0.481 e. The van der Waals surface area contributed by atoms with E-state index in [0.717, 1.165) is 31.3 Å². The van der Waals surface area contributed by atoms with Crippen LogP contribution in [0.3, 0.4) is 0 Å². The van der Waals surface area contributed by atoms with Gasteiger partial charge in [0.05, 0.1) is 17.6 Å². The summed E-state index contributed by atoms with van der Waals surface area (Å²) in [6, 6.07) is 0. The van der Waals surface area contributed by atoms with E-state index < -0.39 is 40.9 Å². The molecule has 0 amide bonds. The number of hydrogen-bond acceptors (Lipinski definition) is 4. The molecule has 1 unspecified atom stereocenters. The highest BCUT2D eigenvalue weighted by molar-refractivity contribution is 5.71. The molecule has 0 bridgehead atoms. The molecule has 3 aliphatic carbocycles. The number of carboxylic acid groups (broad SMARTS) is 2. The van der Waals surface area contributed by atoms with E-state index in [9.17, 15) is 30.0 Å². The minimum Gasteiger partial charge on any atom is -0.481 e. The summed E-state index contributed by atoms with van der Waals surface area (Å²) >= 11 is 0. The molecule has 208 valence electrons. The first-order valence-corrected chi connectivity index (χ1v) is 13.8. The summed E-state index contributed by atoms with van der Waals surface area (Å²) in [7, 11) is 0. The van der Waals surface area contributed by atoms with Gasteiger partial charge in [-0.25, -0.2) is 0 Å². The highest BCUT2D eigenvalue weighted by Gasteiger charge is 2.65. The van der Waals surface area contributed by atoms with Gasteiger partial charge in [0, 0.05) is 12.3 Å². The fraction of sp³-hybridized carbons (Fsp3) is 0.742. The summed E-state index contributed by atoms with van der Waals surface area (Å²) in [5.41, 5.74) is 2.16. The molecule has 0 aromatic rings. The van der Waals surface area contributed by atoms with Crippen LogP contribution in [0, 0.1) is 34.0 Å². The zero-order chi connectivity index (χ0) is 28.1. The van der Waals surface area contributed by atoms with Gasteiger partial charge >= 0.3 is 11.9 Å². The molecule has 6 nitrogen and oxygen atoms in total. The van der Waals surface area contributed by atoms with Crippen LogP contribution in [-0.4, -0.2) is 44.1 Å². The summed E-state index contributed by atoms with van der Waals surface area (Å²) < 4.78 is 0. The normalized spacial score (nSPS) is 36.5. The molecule has 0 aromatic heterocycles. The Morgan fingerprint density at radius 1 is 1.08 bits per heavy atom. The Kier molecular flexibility index (Phi) is 8.01. The Morgan fingerprint density at radius 2 is 1.70 bits per heavy atom. The minimum absolute atomic E-state index is 0.0997. The Balaban J connectivity index is 2.04. The van der Waals surface area contributed by atoms with Gasteiger partial charge in [0.1, 0.15) is 0 Å². The molecule has 0 aromatic carbocycles. The van der Waals surface area contributed by atoms with Crippen molar-refractivity contribution in [3.05, 3.63) is 35.5 Å². The number of hydrogen-bond donors (Lipinski definition) is 4. The first-order chi connectivity index (χ1) is 16.9. The number of carbonyl (C=O) groups is 2. The van der Waals surface area contributed by atoms with Crippen LogP contribution in [-0.2, 0) is 9.59 Å². The molecule has 3 rings (SSSR count). The van der Waals surface area contributed by atoms with E-state index in [4.69, 9.17) is 0 Å². The lowest BCUT2D eigenvalue weighted by atomic mass is 9.47. The Bertz CT molecular complexity index is 1000. The van der Waals surface area contributed by atoms with Gasteiger partial charge in [-0.3, -0.25) is 9.59 Å². The number of fused-ring (bicyclic) bond motifs is 2. The molecule has 0 aliphatic heterocycles. The maximum absolute atomic E-state index is 12.6. The number of allylic oxidation sites excluding steroid dienone is 3. The molecule has 0 radical (unpaired) electrons. The first kappa shape index (κ1) is 29.6. The van der Waals surface area contributed by atoms with Gasteiger partial charge < -0.3 is 20.4 Å². The maximum Gasteiger partial charge on any atom is 0.306 e. The van der Waals surface area contributed by atoms with Crippen LogP contribution in [0.25, 0.3) is 0 Å². The third-order valence-electron chi connectivity index (χ3n) is 10.9. The molecule has 6 heteroatoms. The van der Waals surface area contributed by atoms with E-state index in [1.807, 2.05) is 6.92 Å². The van der Waals surface area contributed by atoms with Crippen LogP contribution in [0.1, 0.15) is 99.3 Å². The van der Waals surface area contributed by atoms with Crippen molar-refractivity contribution in [3.8, 4) is 0 Å². The number of rotatable bonds is 10. The number of aliphatic carboxylic acids is 2. The predicted octanol–water partition coefficient (Wildman–Crippen LogP) is 6.14. The summed E-state index contributed by atoms with van der Waals surface area (Å²) in [5.74, 6) is -2.65. The molecule has 0 saturated heterocycles. The van der Waals surface area contributed by atoms with Crippen molar-refractivity contribution in [2.75, 3.05) is 0 Å². The molecule has 1 saturated carbocycles. The highest BCUT2D eigenvalue weighted by Crippen LogP contribution is 2.71. The monoisotopic (exact) mass is 516 g/mol. The van der Waals surface area contributed by atoms with Crippen molar-refractivity contribution >= 4 is 11.9 Å². The average Bonchev–Trinajstić information content (AvgIpc) is 2.97. The minimum atomic E-state index is -1.08. The fourth-order valence-electron chi connectivity index (χ4n) is 8.51. The zero-order valence-electron chi connectivity index (χ0n) is 23.7. The van der Waals surface area contributed by atoms with Gasteiger partial charge in [-0.2, -0.15) is 0 Å². The topological polar surface area (TPSA) is 115 Å². The SMILES string of the molecule is C=C(C)[C@@H]1CCC2=C(CC[C@]3(C)[C@@H](C(CCC(=C)C(C)(C)O)C(=O)O)[C@H](O)C[C@@]23C)[C@@]1(C)CCC(=O)O. The van der Waals surface area contributed by atoms with Gasteiger partial charge in [0.2, 0.25) is 0 Å². The summed E-state index contributed by atoms with van der Waals surface area (Å²) in [6.07, 6.45) is 4.43. The lowest BCUT2D eigenvalue weighted by Gasteiger charge is -2.57. The first-order valence-electron chi connectivity index (χ1n) is 13.8. The van der Waals surface area contributed by atoms with Crippen molar-refractivity contribution in [2.24, 2.45) is 34.0 Å². The van der Waals surface area contributed by atoms with Crippen molar-refractivity contribution in [3.63, 3.8) is 0 Å². The second-order valence-corrected chi connectivity index (χ2v) is 13.4. The van der Waals surface area contributed by atoms with Crippen LogP contribution >= 0.6 is 0 Å². The van der Waals surface area contributed by atoms with E-state index in [1.165, 1.54) is 11.1 Å². The van der Waals surface area contributed by atoms with Crippen molar-refractivity contribution in [1.29, 1.82) is 0 Å². The summed E-state index contributed by atoms with van der Waals surface area (Å²) in [5, 5.41) is 41.6. The van der Waals surface area contributed by atoms with Gasteiger partial charge in [-0.1, -0.05) is 50.6 Å². The lowest BCUT2D eigenvalue weighted by Crippen LogP contribution is -2.49. The highest BCUT2D eigenvalue weighted by atomic mass is 16.4. The Hall–Kier alpha value is -1.92.